The number of aliphatic carboxylic acids is 1. The third-order valence-electron chi connectivity index (χ3n) is 15.0. The van der Waals surface area contributed by atoms with Crippen LogP contribution in [0.4, 0.5) is 17.1 Å². The molecule has 12 rings (SSSR count). The summed E-state index contributed by atoms with van der Waals surface area (Å²) < 4.78 is 0. The summed E-state index contributed by atoms with van der Waals surface area (Å²) in [6.07, 6.45) is 5.45. The quantitative estimate of drug-likeness (QED) is 0.0561. The topological polar surface area (TPSA) is 64.3 Å². The van der Waals surface area contributed by atoms with E-state index >= 15 is 0 Å². The number of thiophene rings is 1. The predicted octanol–water partition coefficient (Wildman–Crippen LogP) is 20.7. The van der Waals surface area contributed by atoms with Crippen molar-refractivity contribution in [2.24, 2.45) is 0 Å². The van der Waals surface area contributed by atoms with E-state index < -0.39 is 5.97 Å². The number of carbonyl (C=O) groups is 1. The fraction of sp³-hybridized carbons (Fsp3) is 0. The molecular formula is C80H56N2O2S. The average molecular weight is 1110 g/mol. The van der Waals surface area contributed by atoms with Gasteiger partial charge in [-0.05, 0) is 155 Å². The standard InChI is InChI=1S/C80H56N2O2S/c81-56-70(80(83)84)55-75-54-53-74(85-75)52-33-57-31-46-71(47-32-57)82(72-48-42-60(43-49-72)58-34-38-68(39-35-58)78(66-27-15-5-16-28-66)76(62-19-7-1-8-20-62)63-21-9-2-10-22-63)73-50-44-61(45-51-73)59-36-40-69(41-37-59)79(67-29-17-6-18-30-67)77(64-23-11-3-12-24-64)65-25-13-4-14-26-65/h1-55H,(H,83,84)/b52-33+,70-55-. The molecule has 404 valence electrons. The van der Waals surface area contributed by atoms with Crippen LogP contribution in [0.2, 0.25) is 0 Å². The third-order valence-corrected chi connectivity index (χ3v) is 16.0. The van der Waals surface area contributed by atoms with Gasteiger partial charge in [0.2, 0.25) is 0 Å². The van der Waals surface area contributed by atoms with Crippen LogP contribution >= 0.6 is 11.3 Å². The van der Waals surface area contributed by atoms with E-state index in [1.54, 1.807) is 6.07 Å². The molecule has 1 N–H and O–H groups in total. The molecule has 0 amide bonds. The fourth-order valence-corrected chi connectivity index (χ4v) is 11.8. The molecule has 0 spiro atoms. The first-order chi connectivity index (χ1) is 41.9. The van der Waals surface area contributed by atoms with Crippen LogP contribution in [0.3, 0.4) is 0 Å². The molecule has 11 aromatic carbocycles. The lowest BCUT2D eigenvalue weighted by atomic mass is 9.85. The Bertz CT molecular complexity index is 4090. The molecule has 0 atom stereocenters. The maximum atomic E-state index is 11.5. The van der Waals surface area contributed by atoms with Gasteiger partial charge in [0, 0.05) is 26.8 Å². The fourth-order valence-electron chi connectivity index (χ4n) is 10.9. The number of nitriles is 1. The van der Waals surface area contributed by atoms with Gasteiger partial charge in [-0.15, -0.1) is 11.3 Å². The third kappa shape index (κ3) is 12.5. The van der Waals surface area contributed by atoms with Gasteiger partial charge in [-0.1, -0.05) is 273 Å². The zero-order valence-corrected chi connectivity index (χ0v) is 47.2. The van der Waals surface area contributed by atoms with Crippen molar-refractivity contribution in [2.45, 2.75) is 0 Å². The summed E-state index contributed by atoms with van der Waals surface area (Å²) in [6.45, 7) is 0. The zero-order valence-electron chi connectivity index (χ0n) is 46.4. The van der Waals surface area contributed by atoms with Gasteiger partial charge in [-0.2, -0.15) is 5.26 Å². The lowest BCUT2D eigenvalue weighted by Gasteiger charge is -2.26. The largest absolute Gasteiger partial charge is 0.477 e. The molecule has 1 aromatic heterocycles. The Kier molecular flexibility index (Phi) is 16.5. The van der Waals surface area contributed by atoms with Crippen LogP contribution in [-0.2, 0) is 4.79 Å². The number of anilines is 3. The van der Waals surface area contributed by atoms with Gasteiger partial charge in [0.1, 0.15) is 11.6 Å². The van der Waals surface area contributed by atoms with Gasteiger partial charge in [0.25, 0.3) is 0 Å². The van der Waals surface area contributed by atoms with E-state index in [-0.39, 0.29) is 5.57 Å². The Morgan fingerprint density at radius 3 is 0.894 bits per heavy atom. The SMILES string of the molecule is N#C/C(=C/c1ccc(/C=C/c2ccc(N(c3ccc(-c4ccc(C(=C(c5ccccc5)c5ccccc5)c5ccccc5)cc4)cc3)c3ccc(-c4ccc(C(=C(c5ccccc5)c5ccccc5)c5ccccc5)cc4)cc3)cc2)s1)C(=O)O. The summed E-state index contributed by atoms with van der Waals surface area (Å²) in [5.41, 5.74) is 22.1. The lowest BCUT2D eigenvalue weighted by Crippen LogP contribution is -2.09. The van der Waals surface area contributed by atoms with Gasteiger partial charge < -0.3 is 10.0 Å². The Hall–Kier alpha value is -11.2. The Labute approximate surface area is 501 Å². The van der Waals surface area contributed by atoms with Gasteiger partial charge in [0.05, 0.1) is 0 Å². The van der Waals surface area contributed by atoms with E-state index in [1.165, 1.54) is 39.7 Å². The highest BCUT2D eigenvalue weighted by atomic mass is 32.1. The maximum absolute atomic E-state index is 11.5. The molecule has 12 aromatic rings. The van der Waals surface area contributed by atoms with Gasteiger partial charge >= 0.3 is 5.97 Å². The second kappa shape index (κ2) is 25.7. The number of hydrogen-bond donors (Lipinski definition) is 1. The van der Waals surface area contributed by atoms with E-state index in [1.807, 2.05) is 24.3 Å². The second-order valence-electron chi connectivity index (χ2n) is 20.4. The summed E-state index contributed by atoms with van der Waals surface area (Å²) >= 11 is 1.42. The first-order valence-corrected chi connectivity index (χ1v) is 29.0. The Morgan fingerprint density at radius 1 is 0.329 bits per heavy atom. The average Bonchev–Trinajstić information content (AvgIpc) is 4.14. The summed E-state index contributed by atoms with van der Waals surface area (Å²) in [7, 11) is 0. The summed E-state index contributed by atoms with van der Waals surface area (Å²) in [6, 6.07) is 114. The first kappa shape index (κ1) is 54.4. The van der Waals surface area contributed by atoms with Crippen molar-refractivity contribution >= 4 is 74.9 Å². The van der Waals surface area contributed by atoms with Crippen molar-refractivity contribution in [1.82, 2.24) is 0 Å². The first-order valence-electron chi connectivity index (χ1n) is 28.2. The minimum atomic E-state index is -1.24. The zero-order chi connectivity index (χ0) is 57.7. The molecule has 5 heteroatoms. The molecule has 0 aliphatic heterocycles. The number of rotatable bonds is 17. The molecule has 0 fully saturated rings. The molecule has 4 nitrogen and oxygen atoms in total. The molecule has 0 saturated carbocycles. The Balaban J connectivity index is 0.877. The van der Waals surface area contributed by atoms with E-state index in [9.17, 15) is 15.2 Å². The molecule has 1 heterocycles. The van der Waals surface area contributed by atoms with Crippen LogP contribution in [0.15, 0.2) is 321 Å². The summed E-state index contributed by atoms with van der Waals surface area (Å²) in [5, 5.41) is 18.6. The maximum Gasteiger partial charge on any atom is 0.346 e. The highest BCUT2D eigenvalue weighted by Crippen LogP contribution is 2.42. The lowest BCUT2D eigenvalue weighted by molar-refractivity contribution is -0.132. The number of hydrogen-bond acceptors (Lipinski definition) is 4. The van der Waals surface area contributed by atoms with Crippen LogP contribution in [0.5, 0.6) is 0 Å². The summed E-state index contributed by atoms with van der Waals surface area (Å²) in [4.78, 5) is 15.4. The molecule has 0 aliphatic carbocycles. The minimum absolute atomic E-state index is 0.296. The highest BCUT2D eigenvalue weighted by Gasteiger charge is 2.20. The van der Waals surface area contributed by atoms with Crippen molar-refractivity contribution in [2.75, 3.05) is 4.90 Å². The summed E-state index contributed by atoms with van der Waals surface area (Å²) in [5.74, 6) is -1.24. The molecule has 0 aliphatic rings. The number of carboxylic acids is 1. The van der Waals surface area contributed by atoms with E-state index in [0.717, 1.165) is 94.3 Å². The monoisotopic (exact) mass is 1110 g/mol. The van der Waals surface area contributed by atoms with Crippen LogP contribution in [0, 0.1) is 11.3 Å². The molecule has 0 unspecified atom stereocenters. The van der Waals surface area contributed by atoms with Crippen molar-refractivity contribution in [3.63, 3.8) is 0 Å². The number of nitrogens with zero attached hydrogens (tertiary/aromatic N) is 2. The van der Waals surface area contributed by atoms with Crippen molar-refractivity contribution in [3.05, 3.63) is 381 Å². The van der Waals surface area contributed by atoms with Gasteiger partial charge in [-0.3, -0.25) is 0 Å². The van der Waals surface area contributed by atoms with Crippen LogP contribution in [0.25, 0.3) is 62.8 Å². The molecule has 0 saturated heterocycles. The van der Waals surface area contributed by atoms with Crippen LogP contribution < -0.4 is 4.90 Å². The molecule has 85 heavy (non-hydrogen) atoms. The molecule has 0 bridgehead atoms. The molecule has 0 radical (unpaired) electrons. The van der Waals surface area contributed by atoms with E-state index in [2.05, 4.69) is 308 Å². The minimum Gasteiger partial charge on any atom is -0.477 e. The van der Waals surface area contributed by atoms with E-state index in [0.29, 0.717) is 4.88 Å². The van der Waals surface area contributed by atoms with Gasteiger partial charge in [0.15, 0.2) is 0 Å². The second-order valence-corrected chi connectivity index (χ2v) is 21.6. The normalized spacial score (nSPS) is 11.2. The van der Waals surface area contributed by atoms with Gasteiger partial charge in [-0.25, -0.2) is 4.79 Å². The number of benzene rings is 11. The van der Waals surface area contributed by atoms with Crippen molar-refractivity contribution in [3.8, 4) is 28.3 Å². The van der Waals surface area contributed by atoms with E-state index in [4.69, 9.17) is 0 Å². The highest BCUT2D eigenvalue weighted by molar-refractivity contribution is 7.13. The predicted molar refractivity (Wildman–Crippen MR) is 355 cm³/mol. The number of carboxylic acid groups (broad SMARTS) is 1. The molecular weight excluding hydrogens is 1050 g/mol. The smallest absolute Gasteiger partial charge is 0.346 e. The Morgan fingerprint density at radius 2 is 0.600 bits per heavy atom. The van der Waals surface area contributed by atoms with Crippen LogP contribution in [-0.4, -0.2) is 11.1 Å². The van der Waals surface area contributed by atoms with Crippen molar-refractivity contribution < 1.29 is 9.90 Å². The van der Waals surface area contributed by atoms with Crippen LogP contribution in [0.1, 0.15) is 59.8 Å². The van der Waals surface area contributed by atoms with Crippen molar-refractivity contribution in [1.29, 1.82) is 5.26 Å².